The number of aliphatic imine (C=N–C) groups is 1. The largest absolute Gasteiger partial charge is 0.493 e. The monoisotopic (exact) mass is 482 g/mol. The highest BCUT2D eigenvalue weighted by Crippen LogP contribution is 2.30. The van der Waals surface area contributed by atoms with Gasteiger partial charge in [-0.15, -0.1) is 0 Å². The molecular formula is C29H42N2O4. The van der Waals surface area contributed by atoms with Crippen molar-refractivity contribution in [3.05, 3.63) is 47.2 Å². The first-order chi connectivity index (χ1) is 16.7. The molecule has 1 fully saturated rings. The minimum absolute atomic E-state index is 0.0300. The molecule has 1 aliphatic heterocycles. The molecule has 0 saturated carbocycles. The Hall–Kier alpha value is -2.60. The molecule has 1 amide bonds. The number of hydrogen-bond acceptors (Lipinski definition) is 5. The Labute approximate surface area is 211 Å². The average molecular weight is 483 g/mol. The quantitative estimate of drug-likeness (QED) is 0.332. The lowest BCUT2D eigenvalue weighted by atomic mass is 9.92. The molecule has 1 aromatic carbocycles. The third kappa shape index (κ3) is 7.69. The maximum absolute atomic E-state index is 13.6. The van der Waals surface area contributed by atoms with Crippen LogP contribution >= 0.6 is 0 Å². The van der Waals surface area contributed by atoms with E-state index in [0.717, 1.165) is 36.3 Å². The van der Waals surface area contributed by atoms with Gasteiger partial charge in [0.25, 0.3) is 5.91 Å². The van der Waals surface area contributed by atoms with Crippen molar-refractivity contribution in [2.75, 3.05) is 26.9 Å². The molecule has 0 N–H and O–H groups in total. The molecule has 192 valence electrons. The van der Waals surface area contributed by atoms with E-state index in [9.17, 15) is 4.79 Å². The highest BCUT2D eigenvalue weighted by molar-refractivity contribution is 5.96. The first-order valence-electron chi connectivity index (χ1n) is 12.9. The first kappa shape index (κ1) is 27.0. The highest BCUT2D eigenvalue weighted by Gasteiger charge is 2.35. The second kappa shape index (κ2) is 12.4. The van der Waals surface area contributed by atoms with Gasteiger partial charge in [0, 0.05) is 12.8 Å². The summed E-state index contributed by atoms with van der Waals surface area (Å²) in [7, 11) is 1.66. The summed E-state index contributed by atoms with van der Waals surface area (Å²) in [5.74, 6) is 2.15. The molecule has 1 aromatic rings. The maximum Gasteiger partial charge on any atom is 0.272 e. The van der Waals surface area contributed by atoms with Crippen LogP contribution < -0.4 is 9.47 Å². The second-order valence-corrected chi connectivity index (χ2v) is 10.5. The van der Waals surface area contributed by atoms with Crippen LogP contribution in [-0.2, 0) is 16.0 Å². The SMILES string of the molecule is COc1cc(CC/C=C(/N=C/C2=CCC(C)CC2)C(=O)N2CCOCC2(C)C)ccc1OC(C)C. The minimum Gasteiger partial charge on any atom is -0.493 e. The van der Waals surface area contributed by atoms with Gasteiger partial charge in [-0.25, -0.2) is 0 Å². The molecule has 1 unspecified atom stereocenters. The molecule has 0 aromatic heterocycles. The van der Waals surface area contributed by atoms with Crippen molar-refractivity contribution >= 4 is 12.1 Å². The number of nitrogens with zero attached hydrogens (tertiary/aromatic N) is 2. The van der Waals surface area contributed by atoms with Crippen LogP contribution in [0.25, 0.3) is 0 Å². The lowest BCUT2D eigenvalue weighted by molar-refractivity contribution is -0.142. The predicted octanol–water partition coefficient (Wildman–Crippen LogP) is 5.75. The number of allylic oxidation sites excluding steroid dienone is 3. The number of hydrogen-bond donors (Lipinski definition) is 0. The van der Waals surface area contributed by atoms with E-state index >= 15 is 0 Å². The van der Waals surface area contributed by atoms with Crippen molar-refractivity contribution in [3.63, 3.8) is 0 Å². The van der Waals surface area contributed by atoms with Crippen molar-refractivity contribution in [1.29, 1.82) is 0 Å². The van der Waals surface area contributed by atoms with Crippen molar-refractivity contribution in [2.24, 2.45) is 10.9 Å². The number of aryl methyl sites for hydroxylation is 1. The molecular weight excluding hydrogens is 440 g/mol. The van der Waals surface area contributed by atoms with Crippen LogP contribution in [0.3, 0.4) is 0 Å². The van der Waals surface area contributed by atoms with Crippen LogP contribution in [0.1, 0.15) is 65.9 Å². The zero-order valence-corrected chi connectivity index (χ0v) is 22.3. The third-order valence-corrected chi connectivity index (χ3v) is 6.55. The van der Waals surface area contributed by atoms with Gasteiger partial charge < -0.3 is 19.1 Å². The molecule has 0 spiro atoms. The fourth-order valence-electron chi connectivity index (χ4n) is 4.42. The third-order valence-electron chi connectivity index (χ3n) is 6.55. The van der Waals surface area contributed by atoms with Gasteiger partial charge in [0.15, 0.2) is 11.5 Å². The van der Waals surface area contributed by atoms with Gasteiger partial charge >= 0.3 is 0 Å². The summed E-state index contributed by atoms with van der Waals surface area (Å²) in [6.45, 7) is 12.0. The Kier molecular flexibility index (Phi) is 9.55. The van der Waals surface area contributed by atoms with E-state index in [1.54, 1.807) is 7.11 Å². The Bertz CT molecular complexity index is 961. The van der Waals surface area contributed by atoms with E-state index in [2.05, 4.69) is 19.1 Å². The number of amides is 1. The van der Waals surface area contributed by atoms with Crippen molar-refractivity contribution < 1.29 is 19.0 Å². The first-order valence-corrected chi connectivity index (χ1v) is 12.9. The van der Waals surface area contributed by atoms with Crippen LogP contribution in [0, 0.1) is 5.92 Å². The Morgan fingerprint density at radius 1 is 1.31 bits per heavy atom. The van der Waals surface area contributed by atoms with Gasteiger partial charge in [0.05, 0.1) is 32.0 Å². The molecule has 2 aliphatic rings. The van der Waals surface area contributed by atoms with Crippen LogP contribution in [0.4, 0.5) is 0 Å². The molecule has 35 heavy (non-hydrogen) atoms. The van der Waals surface area contributed by atoms with Gasteiger partial charge in [0.1, 0.15) is 5.70 Å². The summed E-state index contributed by atoms with van der Waals surface area (Å²) in [6, 6.07) is 6.02. The summed E-state index contributed by atoms with van der Waals surface area (Å²) in [6.07, 6.45) is 10.9. The summed E-state index contributed by atoms with van der Waals surface area (Å²) in [5.41, 5.74) is 2.49. The number of morpholine rings is 1. The second-order valence-electron chi connectivity index (χ2n) is 10.5. The maximum atomic E-state index is 13.6. The van der Waals surface area contributed by atoms with Crippen molar-refractivity contribution in [2.45, 2.75) is 78.4 Å². The Balaban J connectivity index is 1.77. The van der Waals surface area contributed by atoms with E-state index in [-0.39, 0.29) is 17.6 Å². The van der Waals surface area contributed by atoms with E-state index in [1.807, 2.05) is 57.0 Å². The molecule has 0 bridgehead atoms. The summed E-state index contributed by atoms with van der Waals surface area (Å²) in [5, 5.41) is 0. The zero-order valence-electron chi connectivity index (χ0n) is 22.3. The summed E-state index contributed by atoms with van der Waals surface area (Å²) < 4.78 is 17.0. The van der Waals surface area contributed by atoms with Crippen molar-refractivity contribution in [1.82, 2.24) is 4.90 Å². The van der Waals surface area contributed by atoms with E-state index in [0.29, 0.717) is 37.8 Å². The van der Waals surface area contributed by atoms with Crippen LogP contribution in [0.15, 0.2) is 46.6 Å². The van der Waals surface area contributed by atoms with E-state index < -0.39 is 0 Å². The molecule has 6 nitrogen and oxygen atoms in total. The van der Waals surface area contributed by atoms with Gasteiger partial charge in [-0.2, -0.15) is 0 Å². The van der Waals surface area contributed by atoms with Crippen LogP contribution in [0.2, 0.25) is 0 Å². The predicted molar refractivity (Wildman–Crippen MR) is 141 cm³/mol. The number of benzene rings is 1. The standard InChI is InChI=1S/C29H42N2O4/c1-21(2)35-26-15-14-23(18-27(26)33-6)8-7-9-25(30-19-24-12-10-22(3)11-13-24)28(32)31-16-17-34-20-29(31,4)5/h9,12,14-15,18-19,21-22H,7-8,10-11,13,16-17,20H2,1-6H3/b25-9+,30-19+. The number of ether oxygens (including phenoxy) is 3. The summed E-state index contributed by atoms with van der Waals surface area (Å²) in [4.78, 5) is 20.2. The molecule has 1 saturated heterocycles. The molecule has 1 aliphatic carbocycles. The molecule has 3 rings (SSSR count). The number of rotatable bonds is 9. The normalized spacial score (nSPS) is 20.8. The molecule has 0 radical (unpaired) electrons. The van der Waals surface area contributed by atoms with Crippen LogP contribution in [0.5, 0.6) is 11.5 Å². The Morgan fingerprint density at radius 3 is 2.77 bits per heavy atom. The topological polar surface area (TPSA) is 60.4 Å². The Morgan fingerprint density at radius 2 is 2.11 bits per heavy atom. The highest BCUT2D eigenvalue weighted by atomic mass is 16.5. The van der Waals surface area contributed by atoms with Gasteiger partial charge in [-0.05, 0) is 89.0 Å². The van der Waals surface area contributed by atoms with Gasteiger partial charge in [-0.1, -0.05) is 25.1 Å². The molecule has 6 heteroatoms. The van der Waals surface area contributed by atoms with Crippen molar-refractivity contribution in [3.8, 4) is 11.5 Å². The zero-order chi connectivity index (χ0) is 25.4. The fraction of sp³-hybridized carbons (Fsp3) is 0.586. The van der Waals surface area contributed by atoms with Gasteiger partial charge in [0.2, 0.25) is 0 Å². The van der Waals surface area contributed by atoms with E-state index in [4.69, 9.17) is 19.2 Å². The minimum atomic E-state index is -0.358. The lowest BCUT2D eigenvalue weighted by Crippen LogP contribution is -2.55. The number of carbonyl (C=O) groups excluding carboxylic acids is 1. The lowest BCUT2D eigenvalue weighted by Gasteiger charge is -2.42. The van der Waals surface area contributed by atoms with Gasteiger partial charge in [-0.3, -0.25) is 9.79 Å². The van der Waals surface area contributed by atoms with Crippen LogP contribution in [-0.4, -0.2) is 55.5 Å². The molecule has 1 atom stereocenters. The smallest absolute Gasteiger partial charge is 0.272 e. The average Bonchev–Trinajstić information content (AvgIpc) is 2.82. The fourth-order valence-corrected chi connectivity index (χ4v) is 4.42. The molecule has 1 heterocycles. The summed E-state index contributed by atoms with van der Waals surface area (Å²) >= 11 is 0. The van der Waals surface area contributed by atoms with E-state index in [1.165, 1.54) is 12.0 Å². The number of carbonyl (C=O) groups is 1. The number of methoxy groups -OCH3 is 1.